The van der Waals surface area contributed by atoms with Crippen molar-refractivity contribution < 1.29 is 9.87 Å². The summed E-state index contributed by atoms with van der Waals surface area (Å²) in [6.07, 6.45) is 2.55. The van der Waals surface area contributed by atoms with E-state index in [-0.39, 0.29) is 34.8 Å². The predicted octanol–water partition coefficient (Wildman–Crippen LogP) is 3.24. The van der Waals surface area contributed by atoms with Crippen LogP contribution in [0.5, 0.6) is 0 Å². The summed E-state index contributed by atoms with van der Waals surface area (Å²) in [4.78, 5) is 21.6. The van der Waals surface area contributed by atoms with Crippen molar-refractivity contribution in [1.29, 1.82) is 0 Å². The Hall–Kier alpha value is -3.81. The van der Waals surface area contributed by atoms with Crippen molar-refractivity contribution >= 4 is 22.8 Å². The van der Waals surface area contributed by atoms with E-state index >= 15 is 0 Å². The molecule has 5 rings (SSSR count). The molecule has 0 unspecified atom stereocenters. The van der Waals surface area contributed by atoms with E-state index in [1.54, 1.807) is 31.2 Å². The topological polar surface area (TPSA) is 75.4 Å². The summed E-state index contributed by atoms with van der Waals surface area (Å²) in [5.74, 6) is -0.507. The van der Waals surface area contributed by atoms with Crippen LogP contribution in [0, 0.1) is 12.7 Å². The summed E-state index contributed by atoms with van der Waals surface area (Å²) >= 11 is 0. The highest BCUT2D eigenvalue weighted by Gasteiger charge is 2.21. The number of rotatable bonds is 3. The van der Waals surface area contributed by atoms with Gasteiger partial charge in [-0.15, -0.1) is 5.10 Å². The Kier molecular flexibility index (Phi) is 3.42. The van der Waals surface area contributed by atoms with Gasteiger partial charge >= 0.3 is 0 Å². The fourth-order valence-corrected chi connectivity index (χ4v) is 3.23. The smallest absolute Gasteiger partial charge is 0.274 e. The van der Waals surface area contributed by atoms with Crippen molar-refractivity contribution in [2.75, 3.05) is 16.7 Å². The number of aryl methyl sites for hydroxylation is 2. The van der Waals surface area contributed by atoms with Crippen molar-refractivity contribution in [3.63, 3.8) is 0 Å². The van der Waals surface area contributed by atoms with E-state index in [0.717, 1.165) is 9.42 Å². The summed E-state index contributed by atoms with van der Waals surface area (Å²) in [5, 5.41) is 7.16. The van der Waals surface area contributed by atoms with Gasteiger partial charge in [-0.25, -0.2) is 9.37 Å². The maximum atomic E-state index is 14.1. The molecule has 0 amide bonds. The number of benzene rings is 1. The van der Waals surface area contributed by atoms with Crippen LogP contribution in [0.4, 0.5) is 21.6 Å². The van der Waals surface area contributed by atoms with Gasteiger partial charge in [0.25, 0.3) is 5.56 Å². The Morgan fingerprint density at radius 1 is 1.20 bits per heavy atom. The molecule has 8 heteroatoms. The van der Waals surface area contributed by atoms with Crippen LogP contribution in [0.15, 0.2) is 59.7 Å². The summed E-state index contributed by atoms with van der Waals surface area (Å²) in [7, 11) is 0. The number of pyridine rings is 1. The number of hydrogen-bond donors (Lipinski definition) is 1. The summed E-state index contributed by atoms with van der Waals surface area (Å²) in [6.45, 7) is -2.95. The van der Waals surface area contributed by atoms with Crippen LogP contribution in [0.25, 0.3) is 5.65 Å². The molecule has 30 heavy (non-hydrogen) atoms. The van der Waals surface area contributed by atoms with Crippen LogP contribution in [-0.4, -0.2) is 26.1 Å². The first-order chi connectivity index (χ1) is 16.1. The van der Waals surface area contributed by atoms with E-state index in [0.29, 0.717) is 11.3 Å². The molecule has 7 nitrogen and oxygen atoms in total. The van der Waals surface area contributed by atoms with E-state index in [2.05, 4.69) is 20.4 Å². The minimum absolute atomic E-state index is 0.0317. The molecule has 0 bridgehead atoms. The van der Waals surface area contributed by atoms with E-state index in [9.17, 15) is 9.18 Å². The van der Waals surface area contributed by atoms with Gasteiger partial charge in [-0.2, -0.15) is 4.52 Å². The molecule has 150 valence electrons. The maximum Gasteiger partial charge on any atom is 0.274 e. The quantitative estimate of drug-likeness (QED) is 0.563. The molecule has 0 aliphatic carbocycles. The highest BCUT2D eigenvalue weighted by atomic mass is 19.1. The molecule has 1 aliphatic heterocycles. The molecule has 1 N–H and O–H groups in total. The number of anilines is 3. The largest absolute Gasteiger partial charge is 0.352 e. The summed E-state index contributed by atoms with van der Waals surface area (Å²) in [5.41, 5.74) is 1.15. The zero-order valence-corrected chi connectivity index (χ0v) is 15.9. The van der Waals surface area contributed by atoms with Crippen molar-refractivity contribution in [2.45, 2.75) is 19.8 Å². The first kappa shape index (κ1) is 14.2. The third-order valence-corrected chi connectivity index (χ3v) is 4.71. The first-order valence-corrected chi connectivity index (χ1v) is 9.25. The highest BCUT2D eigenvalue weighted by molar-refractivity contribution is 5.61. The molecule has 4 aromatic rings. The molecule has 0 spiro atoms. The molecule has 0 saturated carbocycles. The minimum Gasteiger partial charge on any atom is -0.352 e. The zero-order chi connectivity index (χ0) is 24.3. The third kappa shape index (κ3) is 3.26. The van der Waals surface area contributed by atoms with Crippen LogP contribution in [-0.2, 0) is 12.9 Å². The molecule has 0 fully saturated rings. The summed E-state index contributed by atoms with van der Waals surface area (Å²) < 4.78 is 50.2. The molecule has 0 saturated heterocycles. The van der Waals surface area contributed by atoms with E-state index in [1.165, 1.54) is 30.6 Å². The Morgan fingerprint density at radius 3 is 2.93 bits per heavy atom. The lowest BCUT2D eigenvalue weighted by atomic mass is 10.0. The monoisotopic (exact) mass is 406 g/mol. The lowest BCUT2D eigenvalue weighted by molar-refractivity contribution is 0.632. The van der Waals surface area contributed by atoms with Crippen LogP contribution in [0.1, 0.15) is 22.3 Å². The van der Waals surface area contributed by atoms with Crippen LogP contribution in [0.2, 0.25) is 0 Å². The average molecular weight is 406 g/mol. The minimum atomic E-state index is -2.39. The van der Waals surface area contributed by atoms with E-state index in [4.69, 9.17) is 5.48 Å². The van der Waals surface area contributed by atoms with E-state index < -0.39 is 24.4 Å². The second-order valence-electron chi connectivity index (χ2n) is 6.81. The van der Waals surface area contributed by atoms with Crippen molar-refractivity contribution in [2.24, 2.45) is 0 Å². The molecule has 1 aromatic carbocycles. The number of halogens is 1. The lowest BCUT2D eigenvalue weighted by Gasteiger charge is -2.30. The molecule has 4 heterocycles. The maximum absolute atomic E-state index is 14.1. The number of fused-ring (bicyclic) bond motifs is 2. The van der Waals surface area contributed by atoms with Crippen LogP contribution < -0.4 is 15.8 Å². The Morgan fingerprint density at radius 2 is 2.07 bits per heavy atom. The molecular formula is C22H19FN6O. The first-order valence-electron chi connectivity index (χ1n) is 11.2. The second-order valence-corrected chi connectivity index (χ2v) is 6.81. The molecule has 0 radical (unpaired) electrons. The van der Waals surface area contributed by atoms with Gasteiger partial charge in [-0.1, -0.05) is 12.1 Å². The third-order valence-electron chi connectivity index (χ3n) is 4.71. The van der Waals surface area contributed by atoms with E-state index in [1.807, 2.05) is 0 Å². The lowest BCUT2D eigenvalue weighted by Crippen LogP contribution is -2.33. The van der Waals surface area contributed by atoms with Crippen LogP contribution in [0.3, 0.4) is 0 Å². The van der Waals surface area contributed by atoms with Gasteiger partial charge in [0.15, 0.2) is 11.5 Å². The SMILES string of the molecule is [2H]C1([2H])Cc2ncc(Nc3ccccc3F)cc2C([2H])([2H])N1c1nn2c(=O)ccnc2cc1C. The predicted molar refractivity (Wildman–Crippen MR) is 113 cm³/mol. The molecule has 3 aromatic heterocycles. The number of nitrogens with one attached hydrogen (secondary N) is 1. The molecule has 0 atom stereocenters. The normalized spacial score (nSPS) is 18.7. The van der Waals surface area contributed by atoms with Gasteiger partial charge in [0.1, 0.15) is 5.82 Å². The fraction of sp³-hybridized carbons (Fsp3) is 0.182. The Bertz CT molecular complexity index is 1490. The zero-order valence-electron chi connectivity index (χ0n) is 19.9. The average Bonchev–Trinajstić information content (AvgIpc) is 2.76. The number of para-hydroxylation sites is 1. The second kappa shape index (κ2) is 7.22. The molecular weight excluding hydrogens is 383 g/mol. The van der Waals surface area contributed by atoms with Gasteiger partial charge in [0.05, 0.1) is 20.3 Å². The van der Waals surface area contributed by atoms with Gasteiger partial charge in [-0.3, -0.25) is 9.78 Å². The molecule has 1 aliphatic rings. The Labute approximate surface area is 177 Å². The van der Waals surface area contributed by atoms with Crippen LogP contribution >= 0.6 is 0 Å². The fourth-order valence-electron chi connectivity index (χ4n) is 3.23. The van der Waals surface area contributed by atoms with Gasteiger partial charge in [0, 0.05) is 40.1 Å². The number of nitrogens with zero attached hydrogens (tertiary/aromatic N) is 5. The Balaban J connectivity index is 1.64. The van der Waals surface area contributed by atoms with Crippen molar-refractivity contribution in [3.05, 3.63) is 87.9 Å². The highest BCUT2D eigenvalue weighted by Crippen LogP contribution is 2.27. The summed E-state index contributed by atoms with van der Waals surface area (Å²) in [6, 6.07) is 10.3. The van der Waals surface area contributed by atoms with Crippen molar-refractivity contribution in [1.82, 2.24) is 19.6 Å². The standard InChI is InChI=1S/C22H19FN6O/c1-14-10-20-24-8-6-21(30)29(20)27-22(14)28-9-7-18-15(13-28)11-16(12-25-18)26-19-5-3-2-4-17(19)23/h2-6,8,10-12,26H,7,9,13H2,1H3/i9D2,13D2. The van der Waals surface area contributed by atoms with Gasteiger partial charge in [-0.05, 0) is 42.3 Å². The van der Waals surface area contributed by atoms with Gasteiger partial charge in [0.2, 0.25) is 0 Å². The number of hydrogen-bond acceptors (Lipinski definition) is 6. The van der Waals surface area contributed by atoms with Crippen molar-refractivity contribution in [3.8, 4) is 0 Å². The van der Waals surface area contributed by atoms with Gasteiger partial charge < -0.3 is 10.2 Å². The number of aromatic nitrogens is 4.